The van der Waals surface area contributed by atoms with Crippen molar-refractivity contribution in [2.45, 2.75) is 24.0 Å². The largest absolute Gasteiger partial charge is 0.461 e. The summed E-state index contributed by atoms with van der Waals surface area (Å²) in [7, 11) is 0. The van der Waals surface area contributed by atoms with E-state index in [1.54, 1.807) is 6.92 Å². The molecule has 3 nitrogen and oxygen atoms in total. The predicted octanol–water partition coefficient (Wildman–Crippen LogP) is 3.61. The maximum Gasteiger partial charge on any atom is 0.357 e. The van der Waals surface area contributed by atoms with Crippen molar-refractivity contribution < 1.29 is 9.53 Å². The first kappa shape index (κ1) is 13.6. The zero-order chi connectivity index (χ0) is 12.1. The summed E-state index contributed by atoms with van der Waals surface area (Å²) < 4.78 is 4.92. The molecule has 0 N–H and O–H groups in total. The topological polar surface area (TPSA) is 39.2 Å². The van der Waals surface area contributed by atoms with Crippen LogP contribution >= 0.6 is 31.9 Å². The molecule has 0 bridgehead atoms. The van der Waals surface area contributed by atoms with Crippen LogP contribution in [0.5, 0.6) is 0 Å². The van der Waals surface area contributed by atoms with Crippen molar-refractivity contribution in [2.24, 2.45) is 0 Å². The number of halogens is 2. The second kappa shape index (κ2) is 6.35. The SMILES string of the molecule is CCOC(=O)c1nc(C(Br)Br)ccc1CC. The van der Waals surface area contributed by atoms with E-state index in [2.05, 4.69) is 36.8 Å². The Morgan fingerprint density at radius 1 is 1.44 bits per heavy atom. The first-order chi connectivity index (χ1) is 7.60. The van der Waals surface area contributed by atoms with Crippen molar-refractivity contribution in [1.29, 1.82) is 0 Å². The van der Waals surface area contributed by atoms with E-state index in [4.69, 9.17) is 4.74 Å². The van der Waals surface area contributed by atoms with Gasteiger partial charge in [0.2, 0.25) is 0 Å². The summed E-state index contributed by atoms with van der Waals surface area (Å²) >= 11 is 6.71. The highest BCUT2D eigenvalue weighted by molar-refractivity contribution is 9.24. The lowest BCUT2D eigenvalue weighted by Gasteiger charge is -2.09. The highest BCUT2D eigenvalue weighted by Gasteiger charge is 2.16. The number of pyridine rings is 1. The molecule has 0 spiro atoms. The van der Waals surface area contributed by atoms with Gasteiger partial charge in [0.05, 0.1) is 12.3 Å². The van der Waals surface area contributed by atoms with Gasteiger partial charge >= 0.3 is 5.97 Å². The summed E-state index contributed by atoms with van der Waals surface area (Å²) in [5.74, 6) is -0.359. The lowest BCUT2D eigenvalue weighted by Crippen LogP contribution is -2.11. The summed E-state index contributed by atoms with van der Waals surface area (Å²) in [6, 6.07) is 3.79. The van der Waals surface area contributed by atoms with Gasteiger partial charge in [0.25, 0.3) is 0 Å². The molecule has 1 aromatic heterocycles. The van der Waals surface area contributed by atoms with Crippen LogP contribution in [0.2, 0.25) is 0 Å². The molecule has 0 atom stereocenters. The Balaban J connectivity index is 3.11. The third-order valence-corrected chi connectivity index (χ3v) is 3.01. The van der Waals surface area contributed by atoms with E-state index in [1.165, 1.54) is 0 Å². The van der Waals surface area contributed by atoms with Crippen molar-refractivity contribution in [3.8, 4) is 0 Å². The number of ether oxygens (including phenoxy) is 1. The first-order valence-electron chi connectivity index (χ1n) is 5.05. The molecular weight excluding hydrogens is 338 g/mol. The van der Waals surface area contributed by atoms with E-state index < -0.39 is 0 Å². The van der Waals surface area contributed by atoms with Crippen LogP contribution in [0, 0.1) is 0 Å². The van der Waals surface area contributed by atoms with Crippen LogP contribution in [-0.4, -0.2) is 17.6 Å². The highest BCUT2D eigenvalue weighted by Crippen LogP contribution is 2.28. The Bertz CT molecular complexity index is 380. The molecule has 0 aromatic carbocycles. The van der Waals surface area contributed by atoms with Crippen LogP contribution in [0.3, 0.4) is 0 Å². The van der Waals surface area contributed by atoms with Gasteiger partial charge in [-0.05, 0) is 25.0 Å². The molecular formula is C11H13Br2NO2. The van der Waals surface area contributed by atoms with Crippen molar-refractivity contribution in [3.05, 3.63) is 29.1 Å². The molecule has 1 rings (SSSR count). The van der Waals surface area contributed by atoms with Crippen molar-refractivity contribution in [3.63, 3.8) is 0 Å². The zero-order valence-electron chi connectivity index (χ0n) is 9.17. The Morgan fingerprint density at radius 3 is 2.62 bits per heavy atom. The molecule has 1 heterocycles. The molecule has 0 aliphatic rings. The van der Waals surface area contributed by atoms with Gasteiger partial charge in [-0.2, -0.15) is 0 Å². The number of carbonyl (C=O) groups excluding carboxylic acids is 1. The van der Waals surface area contributed by atoms with Crippen molar-refractivity contribution in [1.82, 2.24) is 4.98 Å². The number of aromatic nitrogens is 1. The van der Waals surface area contributed by atoms with Crippen molar-refractivity contribution >= 4 is 37.8 Å². The quantitative estimate of drug-likeness (QED) is 0.615. The van der Waals surface area contributed by atoms with Gasteiger partial charge in [0.1, 0.15) is 3.74 Å². The number of alkyl halides is 2. The van der Waals surface area contributed by atoms with Gasteiger partial charge in [-0.3, -0.25) is 0 Å². The lowest BCUT2D eigenvalue weighted by atomic mass is 10.1. The van der Waals surface area contributed by atoms with Crippen LogP contribution < -0.4 is 0 Å². The van der Waals surface area contributed by atoms with Gasteiger partial charge in [-0.25, -0.2) is 9.78 Å². The first-order valence-corrected chi connectivity index (χ1v) is 6.88. The second-order valence-corrected chi connectivity index (χ2v) is 6.18. The van der Waals surface area contributed by atoms with E-state index in [0.717, 1.165) is 17.7 Å². The number of hydrogen-bond donors (Lipinski definition) is 0. The minimum absolute atomic E-state index is 0.0564. The normalized spacial score (nSPS) is 10.6. The van der Waals surface area contributed by atoms with E-state index in [0.29, 0.717) is 12.3 Å². The molecule has 0 saturated carbocycles. The van der Waals surface area contributed by atoms with Gasteiger partial charge in [0.15, 0.2) is 5.69 Å². The van der Waals surface area contributed by atoms with Gasteiger partial charge in [-0.1, -0.05) is 44.8 Å². The maximum absolute atomic E-state index is 11.7. The molecule has 0 amide bonds. The third kappa shape index (κ3) is 3.28. The fraction of sp³-hybridized carbons (Fsp3) is 0.455. The third-order valence-electron chi connectivity index (χ3n) is 2.07. The average molecular weight is 351 g/mol. The Morgan fingerprint density at radius 2 is 2.12 bits per heavy atom. The van der Waals surface area contributed by atoms with Crippen LogP contribution in [0.4, 0.5) is 0 Å². The van der Waals surface area contributed by atoms with E-state index >= 15 is 0 Å². The van der Waals surface area contributed by atoms with E-state index in [-0.39, 0.29) is 9.71 Å². The maximum atomic E-state index is 11.7. The van der Waals surface area contributed by atoms with Gasteiger partial charge in [-0.15, -0.1) is 0 Å². The lowest BCUT2D eigenvalue weighted by molar-refractivity contribution is 0.0518. The fourth-order valence-electron chi connectivity index (χ4n) is 1.29. The number of nitrogens with zero attached hydrogens (tertiary/aromatic N) is 1. The summed E-state index contributed by atoms with van der Waals surface area (Å²) in [6.45, 7) is 4.13. The molecule has 88 valence electrons. The highest BCUT2D eigenvalue weighted by atomic mass is 79.9. The Labute approximate surface area is 112 Å². The van der Waals surface area contributed by atoms with Crippen LogP contribution in [0.25, 0.3) is 0 Å². The molecule has 5 heteroatoms. The number of carbonyl (C=O) groups is 1. The minimum atomic E-state index is -0.359. The molecule has 0 aliphatic carbocycles. The van der Waals surface area contributed by atoms with E-state index in [9.17, 15) is 4.79 Å². The number of aryl methyl sites for hydroxylation is 1. The molecule has 0 aliphatic heterocycles. The molecule has 1 aromatic rings. The Kier molecular flexibility index (Phi) is 5.41. The smallest absolute Gasteiger partial charge is 0.357 e. The van der Waals surface area contributed by atoms with E-state index in [1.807, 2.05) is 19.1 Å². The summed E-state index contributed by atoms with van der Waals surface area (Å²) in [4.78, 5) is 16.0. The zero-order valence-corrected chi connectivity index (χ0v) is 12.3. The second-order valence-electron chi connectivity index (χ2n) is 3.12. The Hall–Kier alpha value is -0.420. The predicted molar refractivity (Wildman–Crippen MR) is 70.2 cm³/mol. The van der Waals surface area contributed by atoms with Crippen LogP contribution in [-0.2, 0) is 11.2 Å². The minimum Gasteiger partial charge on any atom is -0.461 e. The van der Waals surface area contributed by atoms with Crippen molar-refractivity contribution in [2.75, 3.05) is 6.61 Å². The molecule has 0 unspecified atom stereocenters. The molecule has 0 saturated heterocycles. The number of hydrogen-bond acceptors (Lipinski definition) is 3. The van der Waals surface area contributed by atoms with Crippen LogP contribution in [0.15, 0.2) is 12.1 Å². The number of rotatable bonds is 4. The monoisotopic (exact) mass is 349 g/mol. The van der Waals surface area contributed by atoms with Gasteiger partial charge < -0.3 is 4.74 Å². The fourth-order valence-corrected chi connectivity index (χ4v) is 1.80. The molecule has 0 radical (unpaired) electrons. The summed E-state index contributed by atoms with van der Waals surface area (Å²) in [6.07, 6.45) is 0.761. The standard InChI is InChI=1S/C11H13Br2NO2/c1-3-7-5-6-8(10(12)13)14-9(7)11(15)16-4-2/h5-6,10H,3-4H2,1-2H3. The van der Waals surface area contributed by atoms with Crippen LogP contribution in [0.1, 0.15) is 39.3 Å². The van der Waals surface area contributed by atoms with Gasteiger partial charge in [0, 0.05) is 0 Å². The molecule has 16 heavy (non-hydrogen) atoms. The number of esters is 1. The summed E-state index contributed by atoms with van der Waals surface area (Å²) in [5.41, 5.74) is 2.08. The average Bonchev–Trinajstić information content (AvgIpc) is 2.28. The molecule has 0 fully saturated rings. The summed E-state index contributed by atoms with van der Waals surface area (Å²) in [5, 5.41) is 0.